The molecule has 0 amide bonds. The van der Waals surface area contributed by atoms with Crippen molar-refractivity contribution in [2.75, 3.05) is 12.3 Å². The van der Waals surface area contributed by atoms with Crippen LogP contribution in [0.3, 0.4) is 0 Å². The summed E-state index contributed by atoms with van der Waals surface area (Å²) < 4.78 is 0. The van der Waals surface area contributed by atoms with Gasteiger partial charge in [-0.1, -0.05) is 26.0 Å². The van der Waals surface area contributed by atoms with E-state index in [2.05, 4.69) is 23.8 Å². The van der Waals surface area contributed by atoms with Crippen LogP contribution in [0.1, 0.15) is 25.1 Å². The molecule has 0 radical (unpaired) electrons. The Morgan fingerprint density at radius 3 is 2.35 bits per heavy atom. The Bertz CT molecular complexity index is 432. The molecule has 3 heterocycles. The number of aliphatic imine (C=N–C) groups is 1. The highest BCUT2D eigenvalue weighted by Crippen LogP contribution is 2.20. The maximum atomic E-state index is 4.39. The number of aryl methyl sites for hydroxylation is 1. The highest BCUT2D eigenvalue weighted by atomic mass is 32.2. The first-order chi connectivity index (χ1) is 9.74. The second-order valence-corrected chi connectivity index (χ2v) is 7.31. The number of hydrogen-bond donors (Lipinski definition) is 0. The van der Waals surface area contributed by atoms with Gasteiger partial charge in [-0.2, -0.15) is 11.3 Å². The van der Waals surface area contributed by atoms with Crippen LogP contribution < -0.4 is 0 Å². The van der Waals surface area contributed by atoms with Crippen LogP contribution in [-0.2, 0) is 0 Å². The van der Waals surface area contributed by atoms with Crippen LogP contribution in [0.5, 0.6) is 0 Å². The van der Waals surface area contributed by atoms with Crippen LogP contribution in [0.4, 0.5) is 0 Å². The Hall–Kier alpha value is -0.650. The molecule has 20 heavy (non-hydrogen) atoms. The molecule has 1 aliphatic rings. The first kappa shape index (κ1) is 17.4. The van der Waals surface area contributed by atoms with Gasteiger partial charge >= 0.3 is 0 Å². The zero-order chi connectivity index (χ0) is 14.6. The minimum atomic E-state index is 0.706. The minimum absolute atomic E-state index is 0.706. The molecule has 0 saturated carbocycles. The normalized spacial score (nSPS) is 14.4. The highest BCUT2D eigenvalue weighted by molar-refractivity contribution is 8.14. The lowest BCUT2D eigenvalue weighted by atomic mass is 10.1. The van der Waals surface area contributed by atoms with Gasteiger partial charge in [-0.25, -0.2) is 0 Å². The van der Waals surface area contributed by atoms with Crippen molar-refractivity contribution >= 4 is 39.5 Å². The van der Waals surface area contributed by atoms with Gasteiger partial charge < -0.3 is 0 Å². The van der Waals surface area contributed by atoms with Crippen LogP contribution in [-0.4, -0.2) is 22.3 Å². The molecule has 1 unspecified atom stereocenters. The Balaban J connectivity index is 0.000000158. The zero-order valence-corrected chi connectivity index (χ0v) is 14.7. The molecule has 2 nitrogen and oxygen atoms in total. The lowest BCUT2D eigenvalue weighted by molar-refractivity contribution is 0.748. The van der Waals surface area contributed by atoms with Crippen LogP contribution in [0.15, 0.2) is 39.6 Å². The molecular formula is C15H22N2S3. The molecule has 0 spiro atoms. The number of thiophene rings is 1. The van der Waals surface area contributed by atoms with Crippen LogP contribution in [0.2, 0.25) is 0 Å². The molecule has 110 valence electrons. The number of hydrogen-bond acceptors (Lipinski definition) is 5. The van der Waals surface area contributed by atoms with Crippen molar-refractivity contribution in [2.24, 2.45) is 10.9 Å². The molecule has 1 aliphatic heterocycles. The van der Waals surface area contributed by atoms with E-state index in [1.165, 1.54) is 22.1 Å². The fourth-order valence-electron chi connectivity index (χ4n) is 1.33. The van der Waals surface area contributed by atoms with Crippen LogP contribution >= 0.6 is 34.4 Å². The van der Waals surface area contributed by atoms with Crippen molar-refractivity contribution in [3.8, 4) is 0 Å². The molecule has 2 aromatic rings. The van der Waals surface area contributed by atoms with E-state index in [9.17, 15) is 0 Å². The van der Waals surface area contributed by atoms with Gasteiger partial charge in [-0.3, -0.25) is 9.98 Å². The Labute approximate surface area is 134 Å². The van der Waals surface area contributed by atoms with E-state index in [1.54, 1.807) is 22.7 Å². The summed E-state index contributed by atoms with van der Waals surface area (Å²) in [6.45, 7) is 7.55. The summed E-state index contributed by atoms with van der Waals surface area (Å²) in [6.07, 6.45) is 3.08. The highest BCUT2D eigenvalue weighted by Gasteiger charge is 2.12. The lowest BCUT2D eigenvalue weighted by Gasteiger charge is -2.04. The standard InChI is InChI=1S/C7H13NS.C4H5NS.C4H4S/c1-3-6(2)7-8-4-5-9-7;1-4-2-5-3-6-4;1-2-4-5-3-1/h6H,3-5H2,1-2H3;2-3H,1H3;1-4H. The van der Waals surface area contributed by atoms with Crippen molar-refractivity contribution < 1.29 is 0 Å². The molecule has 5 heteroatoms. The van der Waals surface area contributed by atoms with E-state index >= 15 is 0 Å². The summed E-state index contributed by atoms with van der Waals surface area (Å²) >= 11 is 5.30. The van der Waals surface area contributed by atoms with Gasteiger partial charge in [0.1, 0.15) is 0 Å². The summed E-state index contributed by atoms with van der Waals surface area (Å²) in [4.78, 5) is 9.50. The van der Waals surface area contributed by atoms with E-state index < -0.39 is 0 Å². The number of aromatic nitrogens is 1. The fourth-order valence-corrected chi connectivity index (χ4v) is 3.22. The van der Waals surface area contributed by atoms with Gasteiger partial charge in [0.25, 0.3) is 0 Å². The predicted molar refractivity (Wildman–Crippen MR) is 95.4 cm³/mol. The fraction of sp³-hybridized carbons (Fsp3) is 0.467. The molecule has 0 N–H and O–H groups in total. The molecule has 2 aromatic heterocycles. The van der Waals surface area contributed by atoms with Crippen molar-refractivity contribution in [3.63, 3.8) is 0 Å². The molecule has 3 rings (SSSR count). The molecule has 0 saturated heterocycles. The average molecular weight is 327 g/mol. The van der Waals surface area contributed by atoms with E-state index in [0.29, 0.717) is 5.92 Å². The molecule has 0 fully saturated rings. The Morgan fingerprint density at radius 2 is 2.05 bits per heavy atom. The van der Waals surface area contributed by atoms with Crippen molar-refractivity contribution in [1.82, 2.24) is 4.98 Å². The van der Waals surface area contributed by atoms with E-state index in [1.807, 2.05) is 53.3 Å². The SMILES string of the molecule is CCC(C)C1=NCCS1.Cc1cncs1.c1ccsc1. The third-order valence-corrected chi connectivity index (χ3v) is 5.17. The largest absolute Gasteiger partial charge is 0.282 e. The maximum absolute atomic E-state index is 4.39. The number of thioether (sulfide) groups is 1. The zero-order valence-electron chi connectivity index (χ0n) is 12.3. The summed E-state index contributed by atoms with van der Waals surface area (Å²) in [6, 6.07) is 4.04. The first-order valence-corrected chi connectivity index (χ1v) is 9.54. The van der Waals surface area contributed by atoms with Crippen molar-refractivity contribution in [2.45, 2.75) is 27.2 Å². The quantitative estimate of drug-likeness (QED) is 0.740. The number of rotatable bonds is 2. The van der Waals surface area contributed by atoms with E-state index in [0.717, 1.165) is 6.54 Å². The van der Waals surface area contributed by atoms with Crippen molar-refractivity contribution in [3.05, 3.63) is 39.5 Å². The second-order valence-electron chi connectivity index (χ2n) is 4.28. The topological polar surface area (TPSA) is 25.2 Å². The summed E-state index contributed by atoms with van der Waals surface area (Å²) in [5.74, 6) is 1.91. The molecule has 0 aromatic carbocycles. The summed E-state index contributed by atoms with van der Waals surface area (Å²) in [5.41, 5.74) is 1.83. The molecule has 0 aliphatic carbocycles. The van der Waals surface area contributed by atoms with Crippen molar-refractivity contribution in [1.29, 1.82) is 0 Å². The van der Waals surface area contributed by atoms with Gasteiger partial charge in [0, 0.05) is 29.3 Å². The number of thiazole rings is 1. The average Bonchev–Trinajstić information content (AvgIpc) is 3.21. The Morgan fingerprint density at radius 1 is 1.30 bits per heavy atom. The number of nitrogens with zero attached hydrogens (tertiary/aromatic N) is 2. The lowest BCUT2D eigenvalue weighted by Crippen LogP contribution is -2.02. The van der Waals surface area contributed by atoms with E-state index in [4.69, 9.17) is 0 Å². The van der Waals surface area contributed by atoms with Gasteiger partial charge in [0.2, 0.25) is 0 Å². The molecular weight excluding hydrogens is 304 g/mol. The second kappa shape index (κ2) is 11.1. The van der Waals surface area contributed by atoms with Crippen LogP contribution in [0, 0.1) is 12.8 Å². The molecule has 0 bridgehead atoms. The predicted octanol–water partition coefficient (Wildman–Crippen LogP) is 5.38. The minimum Gasteiger partial charge on any atom is -0.282 e. The first-order valence-electron chi connectivity index (χ1n) is 6.73. The summed E-state index contributed by atoms with van der Waals surface area (Å²) in [7, 11) is 0. The van der Waals surface area contributed by atoms with Gasteiger partial charge in [0.05, 0.1) is 10.6 Å². The Kier molecular flexibility index (Phi) is 9.62. The van der Waals surface area contributed by atoms with E-state index in [-0.39, 0.29) is 0 Å². The monoisotopic (exact) mass is 326 g/mol. The van der Waals surface area contributed by atoms with Gasteiger partial charge in [-0.15, -0.1) is 23.1 Å². The summed E-state index contributed by atoms with van der Waals surface area (Å²) in [5, 5.41) is 5.46. The smallest absolute Gasteiger partial charge is 0.0794 e. The third-order valence-electron chi connectivity index (χ3n) is 2.62. The third kappa shape index (κ3) is 7.82. The van der Waals surface area contributed by atoms with Crippen LogP contribution in [0.25, 0.3) is 0 Å². The van der Waals surface area contributed by atoms with Gasteiger partial charge in [0.15, 0.2) is 0 Å². The maximum Gasteiger partial charge on any atom is 0.0794 e. The van der Waals surface area contributed by atoms with Gasteiger partial charge in [-0.05, 0) is 24.1 Å². The molecule has 1 atom stereocenters.